The minimum absolute atomic E-state index is 0.217. The van der Waals surface area contributed by atoms with Crippen LogP contribution in [0.2, 0.25) is 0 Å². The average Bonchev–Trinajstić information content (AvgIpc) is 2.33. The molecule has 0 saturated heterocycles. The van der Waals surface area contributed by atoms with Crippen LogP contribution in [0.5, 0.6) is 0 Å². The molecule has 0 aromatic heterocycles. The second kappa shape index (κ2) is 9.89. The smallest absolute Gasteiger partial charge is 0.207 e. The van der Waals surface area contributed by atoms with Crippen LogP contribution in [-0.2, 0) is 14.3 Å². The first kappa shape index (κ1) is 19.1. The number of hydrogen-bond acceptors (Lipinski definition) is 4. The zero-order valence-electron chi connectivity index (χ0n) is 12.2. The Balaban J connectivity index is 3.89. The molecule has 0 radical (unpaired) electrons. The third-order valence-corrected chi connectivity index (χ3v) is 3.34. The second-order valence-electron chi connectivity index (χ2n) is 5.50. The maximum Gasteiger partial charge on any atom is 0.207 e. The highest BCUT2D eigenvalue weighted by atomic mass is 35.7. The van der Waals surface area contributed by atoms with Crippen molar-refractivity contribution in [1.29, 1.82) is 0 Å². The SMILES string of the molecule is CC(C)(CCNPCl)OCC(C)(C)OCCNC=O. The lowest BCUT2D eigenvalue weighted by atomic mass is 10.0. The van der Waals surface area contributed by atoms with E-state index in [2.05, 4.69) is 24.3 Å². The minimum atomic E-state index is -0.372. The van der Waals surface area contributed by atoms with E-state index in [4.69, 9.17) is 20.7 Å². The van der Waals surface area contributed by atoms with Gasteiger partial charge in [-0.15, -0.1) is 0 Å². The molecule has 0 spiro atoms. The Kier molecular flexibility index (Phi) is 9.93. The van der Waals surface area contributed by atoms with Gasteiger partial charge in [0.1, 0.15) is 0 Å². The molecule has 0 heterocycles. The summed E-state index contributed by atoms with van der Waals surface area (Å²) in [5.41, 5.74) is -0.589. The standard InChI is InChI=1S/C12H26ClN2O3P/c1-11(2,5-6-15-19-13)18-9-12(3,4)17-8-7-14-10-16/h10,15,19H,5-9H2,1-4H3,(H,14,16). The van der Waals surface area contributed by atoms with Gasteiger partial charge in [-0.3, -0.25) is 9.88 Å². The number of carbonyl (C=O) groups is 1. The van der Waals surface area contributed by atoms with Gasteiger partial charge in [0.25, 0.3) is 0 Å². The van der Waals surface area contributed by atoms with Crippen LogP contribution in [-0.4, -0.2) is 43.9 Å². The van der Waals surface area contributed by atoms with E-state index in [-0.39, 0.29) is 19.3 Å². The van der Waals surface area contributed by atoms with Gasteiger partial charge in [-0.25, -0.2) is 0 Å². The first-order valence-electron chi connectivity index (χ1n) is 6.36. The molecule has 114 valence electrons. The predicted molar refractivity (Wildman–Crippen MR) is 80.9 cm³/mol. The molecule has 5 nitrogen and oxygen atoms in total. The van der Waals surface area contributed by atoms with E-state index in [0.29, 0.717) is 26.2 Å². The normalized spacial score (nSPS) is 13.1. The molecular formula is C12H26ClN2O3P. The van der Waals surface area contributed by atoms with Gasteiger partial charge in [0, 0.05) is 21.2 Å². The first-order valence-corrected chi connectivity index (χ1v) is 8.38. The van der Waals surface area contributed by atoms with Crippen LogP contribution in [0.4, 0.5) is 0 Å². The molecule has 0 saturated carbocycles. The highest BCUT2D eigenvalue weighted by Gasteiger charge is 2.25. The lowest BCUT2D eigenvalue weighted by molar-refractivity contribution is -0.122. The zero-order valence-corrected chi connectivity index (χ0v) is 14.0. The molecule has 1 atom stereocenters. The summed E-state index contributed by atoms with van der Waals surface area (Å²) in [6.07, 6.45) is 1.55. The number of halogens is 1. The number of nitrogens with one attached hydrogen (secondary N) is 2. The van der Waals surface area contributed by atoms with Gasteiger partial charge >= 0.3 is 0 Å². The van der Waals surface area contributed by atoms with Crippen LogP contribution < -0.4 is 10.4 Å². The molecule has 1 unspecified atom stereocenters. The molecule has 2 N–H and O–H groups in total. The van der Waals surface area contributed by atoms with E-state index in [9.17, 15) is 4.79 Å². The van der Waals surface area contributed by atoms with E-state index in [1.165, 1.54) is 0 Å². The molecular weight excluding hydrogens is 287 g/mol. The van der Waals surface area contributed by atoms with Gasteiger partial charge in [0.15, 0.2) is 0 Å². The molecule has 1 amide bonds. The molecule has 0 fully saturated rings. The van der Waals surface area contributed by atoms with E-state index in [1.54, 1.807) is 0 Å². The molecule has 0 rings (SSSR count). The summed E-state index contributed by atoms with van der Waals surface area (Å²) in [5.74, 6) is 0. The van der Waals surface area contributed by atoms with Crippen LogP contribution in [0.1, 0.15) is 34.1 Å². The van der Waals surface area contributed by atoms with Gasteiger partial charge in [0.2, 0.25) is 6.41 Å². The molecule has 0 aromatic rings. The highest BCUT2D eigenvalue weighted by molar-refractivity contribution is 7.66. The Morgan fingerprint density at radius 3 is 2.42 bits per heavy atom. The van der Waals surface area contributed by atoms with Crippen molar-refractivity contribution in [2.75, 3.05) is 26.3 Å². The molecule has 7 heteroatoms. The Hall–Kier alpha value is 0.0700. The largest absolute Gasteiger partial charge is 0.373 e. The molecule has 0 bridgehead atoms. The summed E-state index contributed by atoms with van der Waals surface area (Å²) in [7, 11) is 0.241. The third-order valence-electron chi connectivity index (χ3n) is 2.55. The quantitative estimate of drug-likeness (QED) is 0.329. The highest BCUT2D eigenvalue weighted by Crippen LogP contribution is 2.19. The number of amides is 1. The average molecular weight is 313 g/mol. The van der Waals surface area contributed by atoms with Gasteiger partial charge < -0.3 is 14.8 Å². The van der Waals surface area contributed by atoms with E-state index in [0.717, 1.165) is 13.0 Å². The molecule has 0 aliphatic carbocycles. The predicted octanol–water partition coefficient (Wildman–Crippen LogP) is 2.05. The second-order valence-corrected chi connectivity index (χ2v) is 6.61. The zero-order chi connectivity index (χ0) is 14.8. The van der Waals surface area contributed by atoms with Crippen molar-refractivity contribution in [3.8, 4) is 0 Å². The summed E-state index contributed by atoms with van der Waals surface area (Å²) in [5, 5.41) is 5.65. The van der Waals surface area contributed by atoms with Gasteiger partial charge in [0.05, 0.1) is 24.4 Å². The lowest BCUT2D eigenvalue weighted by Crippen LogP contribution is -2.38. The van der Waals surface area contributed by atoms with Crippen molar-refractivity contribution < 1.29 is 14.3 Å². The monoisotopic (exact) mass is 312 g/mol. The first-order chi connectivity index (χ1) is 8.83. The summed E-state index contributed by atoms with van der Waals surface area (Å²) < 4.78 is 11.6. The summed E-state index contributed by atoms with van der Waals surface area (Å²) in [6, 6.07) is 0. The summed E-state index contributed by atoms with van der Waals surface area (Å²) in [6.45, 7) is 10.4. The van der Waals surface area contributed by atoms with Crippen molar-refractivity contribution in [1.82, 2.24) is 10.4 Å². The van der Waals surface area contributed by atoms with Crippen LogP contribution in [0.25, 0.3) is 0 Å². The number of hydrogen-bond donors (Lipinski definition) is 2. The van der Waals surface area contributed by atoms with E-state index >= 15 is 0 Å². The fraction of sp³-hybridized carbons (Fsp3) is 0.917. The van der Waals surface area contributed by atoms with Crippen LogP contribution >= 0.6 is 19.3 Å². The van der Waals surface area contributed by atoms with Crippen molar-refractivity contribution in [3.63, 3.8) is 0 Å². The lowest BCUT2D eigenvalue weighted by Gasteiger charge is -2.32. The fourth-order valence-electron chi connectivity index (χ4n) is 1.34. The molecule has 19 heavy (non-hydrogen) atoms. The van der Waals surface area contributed by atoms with E-state index in [1.807, 2.05) is 13.8 Å². The Labute approximate surface area is 122 Å². The van der Waals surface area contributed by atoms with Crippen molar-refractivity contribution in [3.05, 3.63) is 0 Å². The maximum atomic E-state index is 10.1. The maximum absolute atomic E-state index is 10.1. The van der Waals surface area contributed by atoms with Crippen LogP contribution in [0.15, 0.2) is 0 Å². The third kappa shape index (κ3) is 11.6. The van der Waals surface area contributed by atoms with Gasteiger partial charge in [-0.05, 0) is 34.1 Å². The fourth-order valence-corrected chi connectivity index (χ4v) is 1.84. The van der Waals surface area contributed by atoms with Gasteiger partial charge in [-0.2, -0.15) is 0 Å². The summed E-state index contributed by atoms with van der Waals surface area (Å²) in [4.78, 5) is 10.1. The molecule has 0 aliphatic rings. The Bertz CT molecular complexity index is 253. The van der Waals surface area contributed by atoms with Crippen molar-refractivity contribution in [2.45, 2.75) is 45.3 Å². The number of ether oxygens (including phenoxy) is 2. The molecule has 0 aliphatic heterocycles. The van der Waals surface area contributed by atoms with Crippen molar-refractivity contribution in [2.24, 2.45) is 0 Å². The summed E-state index contributed by atoms with van der Waals surface area (Å²) >= 11 is 5.59. The Morgan fingerprint density at radius 2 is 1.84 bits per heavy atom. The van der Waals surface area contributed by atoms with Crippen molar-refractivity contribution >= 4 is 25.7 Å². The number of carbonyl (C=O) groups excluding carboxylic acids is 1. The van der Waals surface area contributed by atoms with E-state index < -0.39 is 0 Å². The topological polar surface area (TPSA) is 59.6 Å². The minimum Gasteiger partial charge on any atom is -0.373 e. The van der Waals surface area contributed by atoms with Crippen LogP contribution in [0, 0.1) is 0 Å². The Morgan fingerprint density at radius 1 is 1.16 bits per heavy atom. The van der Waals surface area contributed by atoms with Gasteiger partial charge in [-0.1, -0.05) is 11.2 Å². The molecule has 0 aromatic carbocycles. The number of rotatable bonds is 12. The van der Waals surface area contributed by atoms with Crippen LogP contribution in [0.3, 0.4) is 0 Å².